The average molecular weight is 346 g/mol. The largest absolute Gasteiger partial charge is 0.455 e. The van der Waals surface area contributed by atoms with Crippen molar-refractivity contribution < 1.29 is 4.74 Å². The van der Waals surface area contributed by atoms with Crippen LogP contribution < -0.4 is 4.74 Å². The molecule has 3 rings (SSSR count). The Morgan fingerprint density at radius 2 is 1.96 bits per heavy atom. The van der Waals surface area contributed by atoms with Gasteiger partial charge >= 0.3 is 0 Å². The lowest BCUT2D eigenvalue weighted by atomic mass is 10.0. The number of hydrogen-bond acceptors (Lipinski definition) is 2. The predicted molar refractivity (Wildman–Crippen MR) is 99.4 cm³/mol. The highest BCUT2D eigenvalue weighted by molar-refractivity contribution is 6.32. The molecule has 0 spiro atoms. The summed E-state index contributed by atoms with van der Waals surface area (Å²) in [6, 6.07) is 13.8. The molecule has 0 N–H and O–H groups in total. The number of halogens is 2. The van der Waals surface area contributed by atoms with Crippen molar-refractivity contribution in [2.24, 2.45) is 0 Å². The highest BCUT2D eigenvalue weighted by Crippen LogP contribution is 2.41. The summed E-state index contributed by atoms with van der Waals surface area (Å²) in [6.07, 6.45) is 7.55. The fourth-order valence-corrected chi connectivity index (χ4v) is 2.78. The lowest BCUT2D eigenvalue weighted by Crippen LogP contribution is -2.20. The van der Waals surface area contributed by atoms with Crippen LogP contribution in [-0.2, 0) is 0 Å². The zero-order chi connectivity index (χ0) is 15.5. The number of hydrogen-bond donors (Lipinski definition) is 0. The van der Waals surface area contributed by atoms with Gasteiger partial charge in [-0.2, -0.15) is 0 Å². The molecule has 0 atom stereocenters. The van der Waals surface area contributed by atoms with Crippen molar-refractivity contribution in [1.82, 2.24) is 4.90 Å². The van der Waals surface area contributed by atoms with E-state index in [1.165, 1.54) is 0 Å². The summed E-state index contributed by atoms with van der Waals surface area (Å²) >= 11 is 6.35. The number of fused-ring (bicyclic) bond motifs is 2. The Labute approximate surface area is 148 Å². The molecule has 23 heavy (non-hydrogen) atoms. The van der Waals surface area contributed by atoms with Crippen LogP contribution >= 0.6 is 24.0 Å². The number of nitrogens with zero attached hydrogens (tertiary/aromatic N) is 1. The monoisotopic (exact) mass is 345 g/mol. The molecule has 0 unspecified atom stereocenters. The lowest BCUT2D eigenvalue weighted by Gasteiger charge is -2.17. The van der Waals surface area contributed by atoms with Gasteiger partial charge in [0.25, 0.3) is 0 Å². The van der Waals surface area contributed by atoms with Gasteiger partial charge in [-0.25, -0.2) is 0 Å². The van der Waals surface area contributed by atoms with Gasteiger partial charge in [-0.3, -0.25) is 4.90 Å². The summed E-state index contributed by atoms with van der Waals surface area (Å²) < 4.78 is 6.06. The van der Waals surface area contributed by atoms with Crippen LogP contribution in [0.3, 0.4) is 0 Å². The lowest BCUT2D eigenvalue weighted by molar-refractivity contribution is 0.425. The van der Waals surface area contributed by atoms with E-state index in [0.29, 0.717) is 17.3 Å². The van der Waals surface area contributed by atoms with Gasteiger partial charge < -0.3 is 4.74 Å². The number of terminal acetylenes is 1. The molecule has 0 aromatic heterocycles. The van der Waals surface area contributed by atoms with Crippen LogP contribution in [0, 0.1) is 12.3 Å². The van der Waals surface area contributed by atoms with Gasteiger partial charge in [0, 0.05) is 17.7 Å². The molecule has 0 saturated carbocycles. The van der Waals surface area contributed by atoms with Crippen molar-refractivity contribution in [2.75, 3.05) is 20.1 Å². The maximum Gasteiger partial charge on any atom is 0.153 e. The normalized spacial score (nSPS) is 12.0. The molecule has 0 bridgehead atoms. The molecule has 2 aromatic carbocycles. The molecule has 118 valence electrons. The van der Waals surface area contributed by atoms with Crippen molar-refractivity contribution in [3.05, 3.63) is 58.6 Å². The number of para-hydroxylation sites is 2. The molecule has 1 aliphatic heterocycles. The Hall–Kier alpha value is -1.92. The fraction of sp³-hybridized carbons (Fsp3) is 0.158. The second-order valence-electron chi connectivity index (χ2n) is 5.30. The van der Waals surface area contributed by atoms with Gasteiger partial charge in [0.1, 0.15) is 5.75 Å². The van der Waals surface area contributed by atoms with Crippen molar-refractivity contribution in [2.45, 2.75) is 0 Å². The smallest absolute Gasteiger partial charge is 0.153 e. The van der Waals surface area contributed by atoms with Crippen LogP contribution in [0.15, 0.2) is 42.5 Å². The summed E-state index contributed by atoms with van der Waals surface area (Å²) in [7, 11) is 2.00. The number of likely N-dealkylation sites (N-methyl/N-ethyl adjacent to an activating group) is 1. The SMILES string of the molecule is C#CCN(C)CC1=Cc2ccccc2Oc2c(Cl)cccc21.Cl. The third-order valence-electron chi connectivity index (χ3n) is 3.58. The van der Waals surface area contributed by atoms with E-state index in [4.69, 9.17) is 22.8 Å². The van der Waals surface area contributed by atoms with Crippen molar-refractivity contribution in [1.29, 1.82) is 0 Å². The standard InChI is InChI=1S/C19H16ClNO.ClH/c1-3-11-21(2)13-15-12-14-7-4-5-10-18(14)22-19-16(15)8-6-9-17(19)20;/h1,4-10,12H,11,13H2,2H3;1H. The Bertz CT molecular complexity index is 777. The first-order valence-corrected chi connectivity index (χ1v) is 7.45. The van der Waals surface area contributed by atoms with Gasteiger partial charge in [-0.05, 0) is 30.8 Å². The van der Waals surface area contributed by atoms with Gasteiger partial charge in [-0.1, -0.05) is 47.9 Å². The van der Waals surface area contributed by atoms with Crippen molar-refractivity contribution >= 4 is 35.7 Å². The second kappa shape index (κ2) is 7.57. The van der Waals surface area contributed by atoms with Gasteiger partial charge in [0.2, 0.25) is 0 Å². The van der Waals surface area contributed by atoms with E-state index < -0.39 is 0 Å². The molecular formula is C19H17Cl2NO. The van der Waals surface area contributed by atoms with Gasteiger partial charge in [-0.15, -0.1) is 18.8 Å². The van der Waals surface area contributed by atoms with Crippen LogP contribution in [0.1, 0.15) is 11.1 Å². The van der Waals surface area contributed by atoms with Crippen LogP contribution in [0.5, 0.6) is 11.5 Å². The Morgan fingerprint density at radius 3 is 2.74 bits per heavy atom. The molecule has 0 saturated heterocycles. The average Bonchev–Trinajstić information content (AvgIpc) is 2.65. The molecule has 0 amide bonds. The summed E-state index contributed by atoms with van der Waals surface area (Å²) in [6.45, 7) is 1.32. The van der Waals surface area contributed by atoms with Crippen LogP contribution in [0.25, 0.3) is 11.6 Å². The van der Waals surface area contributed by atoms with E-state index in [-0.39, 0.29) is 12.4 Å². The first-order valence-electron chi connectivity index (χ1n) is 7.07. The Kier molecular flexibility index (Phi) is 5.74. The summed E-state index contributed by atoms with van der Waals surface area (Å²) in [4.78, 5) is 2.09. The van der Waals surface area contributed by atoms with E-state index in [1.54, 1.807) is 0 Å². The first-order chi connectivity index (χ1) is 10.7. The maximum atomic E-state index is 6.35. The Morgan fingerprint density at radius 1 is 1.17 bits per heavy atom. The third-order valence-corrected chi connectivity index (χ3v) is 3.87. The summed E-state index contributed by atoms with van der Waals surface area (Å²) in [5.74, 6) is 4.18. The summed E-state index contributed by atoms with van der Waals surface area (Å²) in [5, 5.41) is 0.611. The number of benzene rings is 2. The van der Waals surface area contributed by atoms with E-state index in [2.05, 4.69) is 16.9 Å². The molecule has 1 heterocycles. The highest BCUT2D eigenvalue weighted by Gasteiger charge is 2.19. The topological polar surface area (TPSA) is 12.5 Å². The molecule has 0 aliphatic carbocycles. The summed E-state index contributed by atoms with van der Waals surface area (Å²) in [5.41, 5.74) is 3.19. The van der Waals surface area contributed by atoms with Crippen LogP contribution in [0.2, 0.25) is 5.02 Å². The number of rotatable bonds is 3. The number of ether oxygens (including phenoxy) is 1. The third kappa shape index (κ3) is 3.71. The van der Waals surface area contributed by atoms with E-state index in [0.717, 1.165) is 29.0 Å². The molecule has 2 nitrogen and oxygen atoms in total. The molecule has 1 aliphatic rings. The zero-order valence-electron chi connectivity index (χ0n) is 12.8. The maximum absolute atomic E-state index is 6.35. The van der Waals surface area contributed by atoms with Crippen molar-refractivity contribution in [3.63, 3.8) is 0 Å². The highest BCUT2D eigenvalue weighted by atomic mass is 35.5. The Balaban J connectivity index is 0.00000192. The quantitative estimate of drug-likeness (QED) is 0.728. The van der Waals surface area contributed by atoms with E-state index in [9.17, 15) is 0 Å². The van der Waals surface area contributed by atoms with Crippen molar-refractivity contribution in [3.8, 4) is 23.8 Å². The van der Waals surface area contributed by atoms with E-state index >= 15 is 0 Å². The zero-order valence-corrected chi connectivity index (χ0v) is 14.3. The molecule has 2 aromatic rings. The van der Waals surface area contributed by atoms with Crippen LogP contribution in [-0.4, -0.2) is 25.0 Å². The fourth-order valence-electron chi connectivity index (χ4n) is 2.57. The second-order valence-corrected chi connectivity index (χ2v) is 5.71. The molecule has 0 radical (unpaired) electrons. The van der Waals surface area contributed by atoms with E-state index in [1.807, 2.05) is 49.5 Å². The van der Waals surface area contributed by atoms with Gasteiger partial charge in [0.05, 0.1) is 11.6 Å². The minimum Gasteiger partial charge on any atom is -0.455 e. The minimum atomic E-state index is 0. The molecule has 0 fully saturated rings. The minimum absolute atomic E-state index is 0. The van der Waals surface area contributed by atoms with Crippen LogP contribution in [0.4, 0.5) is 0 Å². The molecular weight excluding hydrogens is 329 g/mol. The predicted octanol–water partition coefficient (Wildman–Crippen LogP) is 4.97. The van der Waals surface area contributed by atoms with Gasteiger partial charge in [0.15, 0.2) is 5.75 Å². The molecule has 4 heteroatoms. The first kappa shape index (κ1) is 17.4.